The fourth-order valence-electron chi connectivity index (χ4n) is 2.88. The summed E-state index contributed by atoms with van der Waals surface area (Å²) in [6, 6.07) is 2.80. The molecule has 0 bridgehead atoms. The van der Waals surface area contributed by atoms with Gasteiger partial charge < -0.3 is 4.74 Å². The molecule has 20 heavy (non-hydrogen) atoms. The van der Waals surface area contributed by atoms with Crippen LogP contribution in [0.2, 0.25) is 0 Å². The number of hydrogen-bond acceptors (Lipinski definition) is 4. The summed E-state index contributed by atoms with van der Waals surface area (Å²) in [5, 5.41) is 4.59. The van der Waals surface area contributed by atoms with Gasteiger partial charge in [0.1, 0.15) is 0 Å². The maximum Gasteiger partial charge on any atom is 0.0640 e. The molecular formula is C15H28N4O. The first-order chi connectivity index (χ1) is 9.62. The van der Waals surface area contributed by atoms with E-state index in [0.717, 1.165) is 31.1 Å². The van der Waals surface area contributed by atoms with E-state index in [1.807, 2.05) is 10.9 Å². The van der Waals surface area contributed by atoms with Gasteiger partial charge in [-0.05, 0) is 52.0 Å². The molecule has 1 unspecified atom stereocenters. The number of nitrogens with two attached hydrogens (primary N) is 1. The number of hydrogen-bond donors (Lipinski definition) is 2. The van der Waals surface area contributed by atoms with Gasteiger partial charge in [0.25, 0.3) is 0 Å². The molecule has 1 saturated carbocycles. The predicted molar refractivity (Wildman–Crippen MR) is 80.2 cm³/mol. The third kappa shape index (κ3) is 4.04. The summed E-state index contributed by atoms with van der Waals surface area (Å²) in [6.07, 6.45) is 6.87. The zero-order valence-electron chi connectivity index (χ0n) is 12.9. The Kier molecular flexibility index (Phi) is 5.57. The minimum absolute atomic E-state index is 0.304. The molecule has 1 aromatic heterocycles. The fourth-order valence-corrected chi connectivity index (χ4v) is 2.88. The van der Waals surface area contributed by atoms with Crippen molar-refractivity contribution in [1.82, 2.24) is 15.2 Å². The van der Waals surface area contributed by atoms with Gasteiger partial charge in [-0.2, -0.15) is 5.10 Å². The average Bonchev–Trinajstić information content (AvgIpc) is 2.83. The van der Waals surface area contributed by atoms with Gasteiger partial charge in [-0.3, -0.25) is 16.0 Å². The van der Waals surface area contributed by atoms with Crippen LogP contribution < -0.4 is 11.3 Å². The van der Waals surface area contributed by atoms with Gasteiger partial charge in [-0.25, -0.2) is 0 Å². The molecular weight excluding hydrogens is 252 g/mol. The van der Waals surface area contributed by atoms with Crippen LogP contribution in [-0.2, 0) is 11.2 Å². The molecule has 1 aromatic rings. The van der Waals surface area contributed by atoms with Crippen molar-refractivity contribution >= 4 is 0 Å². The van der Waals surface area contributed by atoms with Gasteiger partial charge in [-0.15, -0.1) is 0 Å². The van der Waals surface area contributed by atoms with E-state index in [9.17, 15) is 0 Å². The van der Waals surface area contributed by atoms with Crippen LogP contribution >= 0.6 is 0 Å². The Morgan fingerprint density at radius 1 is 1.50 bits per heavy atom. The van der Waals surface area contributed by atoms with Crippen LogP contribution in [0, 0.1) is 5.92 Å². The van der Waals surface area contributed by atoms with Gasteiger partial charge >= 0.3 is 0 Å². The van der Waals surface area contributed by atoms with E-state index in [4.69, 9.17) is 10.6 Å². The van der Waals surface area contributed by atoms with Gasteiger partial charge in [0, 0.05) is 31.3 Å². The molecule has 0 aromatic carbocycles. The van der Waals surface area contributed by atoms with E-state index in [0.29, 0.717) is 18.2 Å². The van der Waals surface area contributed by atoms with Gasteiger partial charge in [0.15, 0.2) is 0 Å². The SMILES string of the molecule is CCOC1CC(CC(Cc2ccn(C(C)C)n2)NN)C1. The smallest absolute Gasteiger partial charge is 0.0640 e. The summed E-state index contributed by atoms with van der Waals surface area (Å²) in [5.74, 6) is 6.43. The molecule has 0 amide bonds. The molecule has 1 heterocycles. The second kappa shape index (κ2) is 7.20. The lowest BCUT2D eigenvalue weighted by atomic mass is 9.77. The number of hydrazine groups is 1. The quantitative estimate of drug-likeness (QED) is 0.565. The Hall–Kier alpha value is -0.910. The van der Waals surface area contributed by atoms with Gasteiger partial charge in [0.05, 0.1) is 11.8 Å². The monoisotopic (exact) mass is 280 g/mol. The molecule has 1 atom stereocenters. The molecule has 114 valence electrons. The molecule has 0 radical (unpaired) electrons. The van der Waals surface area contributed by atoms with Gasteiger partial charge in [-0.1, -0.05) is 0 Å². The lowest BCUT2D eigenvalue weighted by Gasteiger charge is -2.36. The lowest BCUT2D eigenvalue weighted by molar-refractivity contribution is -0.0290. The summed E-state index contributed by atoms with van der Waals surface area (Å²) >= 11 is 0. The number of rotatable bonds is 8. The first kappa shape index (κ1) is 15.5. The normalized spacial score (nSPS) is 23.9. The topological polar surface area (TPSA) is 65.1 Å². The minimum atomic E-state index is 0.304. The summed E-state index contributed by atoms with van der Waals surface area (Å²) in [5.41, 5.74) is 4.06. The van der Waals surface area contributed by atoms with E-state index in [1.54, 1.807) is 0 Å². The van der Waals surface area contributed by atoms with Crippen LogP contribution in [0.3, 0.4) is 0 Å². The van der Waals surface area contributed by atoms with Crippen LogP contribution in [0.25, 0.3) is 0 Å². The largest absolute Gasteiger partial charge is 0.378 e. The first-order valence-corrected chi connectivity index (χ1v) is 7.74. The molecule has 3 N–H and O–H groups in total. The number of nitrogens with zero attached hydrogens (tertiary/aromatic N) is 2. The summed E-state index contributed by atoms with van der Waals surface area (Å²) in [7, 11) is 0. The Bertz CT molecular complexity index is 398. The van der Waals surface area contributed by atoms with E-state index in [1.165, 1.54) is 12.8 Å². The molecule has 0 aliphatic heterocycles. The second-order valence-corrected chi connectivity index (χ2v) is 6.10. The van der Waals surface area contributed by atoms with Crippen molar-refractivity contribution in [2.75, 3.05) is 6.61 Å². The maximum absolute atomic E-state index is 5.69. The molecule has 1 aliphatic rings. The van der Waals surface area contributed by atoms with Crippen LogP contribution in [0.1, 0.15) is 51.8 Å². The van der Waals surface area contributed by atoms with Crippen molar-refractivity contribution in [2.24, 2.45) is 11.8 Å². The van der Waals surface area contributed by atoms with Gasteiger partial charge in [0.2, 0.25) is 0 Å². The van der Waals surface area contributed by atoms with Crippen molar-refractivity contribution in [2.45, 2.75) is 64.6 Å². The van der Waals surface area contributed by atoms with Crippen molar-refractivity contribution < 1.29 is 4.74 Å². The average molecular weight is 280 g/mol. The van der Waals surface area contributed by atoms with Crippen molar-refractivity contribution in [1.29, 1.82) is 0 Å². The molecule has 0 spiro atoms. The van der Waals surface area contributed by atoms with Crippen molar-refractivity contribution in [3.05, 3.63) is 18.0 Å². The summed E-state index contributed by atoms with van der Waals surface area (Å²) in [6.45, 7) is 7.15. The Morgan fingerprint density at radius 2 is 2.25 bits per heavy atom. The third-order valence-electron chi connectivity index (χ3n) is 4.10. The standard InChI is InChI=1S/C15H28N4O/c1-4-20-15-8-12(9-15)7-14(17-16)10-13-5-6-19(18-13)11(2)3/h5-6,11-12,14-15,17H,4,7-10,16H2,1-3H3. The Morgan fingerprint density at radius 3 is 2.80 bits per heavy atom. The highest BCUT2D eigenvalue weighted by Crippen LogP contribution is 2.33. The number of nitrogens with one attached hydrogen (secondary N) is 1. The van der Waals surface area contributed by atoms with Crippen LogP contribution in [0.4, 0.5) is 0 Å². The zero-order chi connectivity index (χ0) is 14.5. The molecule has 5 heteroatoms. The van der Waals surface area contributed by atoms with Crippen LogP contribution in [0.15, 0.2) is 12.3 Å². The zero-order valence-corrected chi connectivity index (χ0v) is 12.9. The number of aromatic nitrogens is 2. The molecule has 1 aliphatic carbocycles. The molecule has 1 fully saturated rings. The fraction of sp³-hybridized carbons (Fsp3) is 0.800. The van der Waals surface area contributed by atoms with Crippen LogP contribution in [0.5, 0.6) is 0 Å². The summed E-state index contributed by atoms with van der Waals surface area (Å²) in [4.78, 5) is 0. The van der Waals surface area contributed by atoms with E-state index < -0.39 is 0 Å². The molecule has 5 nitrogen and oxygen atoms in total. The van der Waals surface area contributed by atoms with Crippen LogP contribution in [-0.4, -0.2) is 28.5 Å². The van der Waals surface area contributed by atoms with Crippen molar-refractivity contribution in [3.63, 3.8) is 0 Å². The second-order valence-electron chi connectivity index (χ2n) is 6.10. The van der Waals surface area contributed by atoms with E-state index >= 15 is 0 Å². The Labute approximate surface area is 121 Å². The first-order valence-electron chi connectivity index (χ1n) is 7.74. The highest BCUT2D eigenvalue weighted by Gasteiger charge is 2.31. The maximum atomic E-state index is 5.69. The molecule has 0 saturated heterocycles. The van der Waals surface area contributed by atoms with E-state index in [-0.39, 0.29) is 0 Å². The van der Waals surface area contributed by atoms with E-state index in [2.05, 4.69) is 37.4 Å². The highest BCUT2D eigenvalue weighted by atomic mass is 16.5. The minimum Gasteiger partial charge on any atom is -0.378 e. The molecule has 2 rings (SSSR count). The summed E-state index contributed by atoms with van der Waals surface area (Å²) < 4.78 is 7.60. The Balaban J connectivity index is 1.77. The third-order valence-corrected chi connectivity index (χ3v) is 4.10. The number of ether oxygens (including phenoxy) is 1. The lowest BCUT2D eigenvalue weighted by Crippen LogP contribution is -2.42. The predicted octanol–water partition coefficient (Wildman–Crippen LogP) is 2.04. The highest BCUT2D eigenvalue weighted by molar-refractivity contribution is 5.02. The van der Waals surface area contributed by atoms with Crippen molar-refractivity contribution in [3.8, 4) is 0 Å².